The molecule has 0 fully saturated rings. The number of benzene rings is 1. The predicted molar refractivity (Wildman–Crippen MR) is 73.7 cm³/mol. The average Bonchev–Trinajstić information content (AvgIpc) is 2.35. The van der Waals surface area contributed by atoms with E-state index in [0.29, 0.717) is 5.92 Å². The Labute approximate surface area is 109 Å². The van der Waals surface area contributed by atoms with Crippen LogP contribution >= 0.6 is 0 Å². The highest BCUT2D eigenvalue weighted by Crippen LogP contribution is 2.28. The molecule has 2 atom stereocenters. The zero-order valence-corrected chi connectivity index (χ0v) is 11.4. The van der Waals surface area contributed by atoms with Crippen molar-refractivity contribution in [3.63, 3.8) is 0 Å². The molecule has 0 spiro atoms. The molecular formula is C15H21NO2. The van der Waals surface area contributed by atoms with Crippen LogP contribution < -0.4 is 10.1 Å². The van der Waals surface area contributed by atoms with E-state index in [9.17, 15) is 5.11 Å². The number of phenolic OH excluding ortho intramolecular Hbond substituents is 1. The molecule has 2 unspecified atom stereocenters. The maximum atomic E-state index is 9.88. The summed E-state index contributed by atoms with van der Waals surface area (Å²) in [4.78, 5) is 0. The van der Waals surface area contributed by atoms with Crippen LogP contribution in [0.2, 0.25) is 0 Å². The highest BCUT2D eigenvalue weighted by molar-refractivity contribution is 5.41. The van der Waals surface area contributed by atoms with E-state index >= 15 is 0 Å². The molecule has 0 aliphatic carbocycles. The standard InChI is InChI=1S/C15H21NO2/c1-6-14(10(2)3)16-11(4)13-9-12(18-5)7-8-15(13)17/h1,7-11,14,16-17H,2-5H3. The smallest absolute Gasteiger partial charge is 0.120 e. The molecule has 18 heavy (non-hydrogen) atoms. The van der Waals surface area contributed by atoms with E-state index in [0.717, 1.165) is 11.3 Å². The minimum absolute atomic E-state index is 0.0226. The van der Waals surface area contributed by atoms with E-state index in [1.54, 1.807) is 19.2 Å². The first-order chi connectivity index (χ1) is 8.49. The molecule has 0 radical (unpaired) electrons. The van der Waals surface area contributed by atoms with Gasteiger partial charge in [0.2, 0.25) is 0 Å². The van der Waals surface area contributed by atoms with Gasteiger partial charge in [-0.2, -0.15) is 0 Å². The van der Waals surface area contributed by atoms with Gasteiger partial charge >= 0.3 is 0 Å². The van der Waals surface area contributed by atoms with Gasteiger partial charge in [0.15, 0.2) is 0 Å². The van der Waals surface area contributed by atoms with Gasteiger partial charge in [0, 0.05) is 11.6 Å². The molecule has 1 rings (SSSR count). The summed E-state index contributed by atoms with van der Waals surface area (Å²) in [6.07, 6.45) is 5.49. The molecular weight excluding hydrogens is 226 g/mol. The number of aromatic hydroxyl groups is 1. The number of hydrogen-bond acceptors (Lipinski definition) is 3. The van der Waals surface area contributed by atoms with Crippen LogP contribution in [-0.2, 0) is 0 Å². The largest absolute Gasteiger partial charge is 0.508 e. The number of nitrogens with one attached hydrogen (secondary N) is 1. The Morgan fingerprint density at radius 2 is 2.00 bits per heavy atom. The van der Waals surface area contributed by atoms with Gasteiger partial charge in [-0.15, -0.1) is 6.42 Å². The molecule has 0 saturated heterocycles. The molecule has 0 heterocycles. The van der Waals surface area contributed by atoms with Crippen molar-refractivity contribution in [1.29, 1.82) is 0 Å². The summed E-state index contributed by atoms with van der Waals surface area (Å²) in [5.41, 5.74) is 0.787. The number of hydrogen-bond donors (Lipinski definition) is 2. The topological polar surface area (TPSA) is 41.5 Å². The number of methoxy groups -OCH3 is 1. The molecule has 2 N–H and O–H groups in total. The van der Waals surface area contributed by atoms with Gasteiger partial charge in [-0.1, -0.05) is 19.8 Å². The summed E-state index contributed by atoms with van der Waals surface area (Å²) in [6.45, 7) is 6.10. The molecule has 0 saturated carbocycles. The molecule has 0 aliphatic rings. The van der Waals surface area contributed by atoms with Gasteiger partial charge in [-0.25, -0.2) is 0 Å². The Kier molecular flexibility index (Phi) is 5.06. The molecule has 0 aliphatic heterocycles. The predicted octanol–water partition coefficient (Wildman–Crippen LogP) is 2.71. The lowest BCUT2D eigenvalue weighted by atomic mass is 10.0. The Morgan fingerprint density at radius 1 is 1.33 bits per heavy atom. The second kappa shape index (κ2) is 6.32. The van der Waals surface area contributed by atoms with Gasteiger partial charge in [0.25, 0.3) is 0 Å². The lowest BCUT2D eigenvalue weighted by Gasteiger charge is -2.23. The molecule has 0 amide bonds. The van der Waals surface area contributed by atoms with E-state index in [1.807, 2.05) is 13.0 Å². The van der Waals surface area contributed by atoms with Gasteiger partial charge in [0.1, 0.15) is 11.5 Å². The van der Waals surface area contributed by atoms with Crippen molar-refractivity contribution in [1.82, 2.24) is 5.32 Å². The average molecular weight is 247 g/mol. The summed E-state index contributed by atoms with van der Waals surface area (Å²) in [6, 6.07) is 5.12. The van der Waals surface area contributed by atoms with Crippen LogP contribution in [0.1, 0.15) is 32.4 Å². The maximum absolute atomic E-state index is 9.88. The lowest BCUT2D eigenvalue weighted by molar-refractivity contribution is 0.397. The van der Waals surface area contributed by atoms with Crippen LogP contribution in [-0.4, -0.2) is 18.3 Å². The Hall–Kier alpha value is -1.66. The summed E-state index contributed by atoms with van der Waals surface area (Å²) in [5, 5.41) is 13.2. The van der Waals surface area contributed by atoms with Crippen LogP contribution in [0.3, 0.4) is 0 Å². The fraction of sp³-hybridized carbons (Fsp3) is 0.467. The van der Waals surface area contributed by atoms with Crippen molar-refractivity contribution in [3.8, 4) is 23.8 Å². The zero-order valence-electron chi connectivity index (χ0n) is 11.4. The molecule has 1 aromatic rings. The van der Waals surface area contributed by atoms with Gasteiger partial charge in [-0.05, 0) is 31.0 Å². The lowest BCUT2D eigenvalue weighted by Crippen LogP contribution is -2.34. The highest BCUT2D eigenvalue weighted by Gasteiger charge is 2.17. The van der Waals surface area contributed by atoms with E-state index in [2.05, 4.69) is 25.1 Å². The minimum Gasteiger partial charge on any atom is -0.508 e. The first kappa shape index (κ1) is 14.4. The van der Waals surface area contributed by atoms with Crippen molar-refractivity contribution in [3.05, 3.63) is 23.8 Å². The maximum Gasteiger partial charge on any atom is 0.120 e. The highest BCUT2D eigenvalue weighted by atomic mass is 16.5. The van der Waals surface area contributed by atoms with Crippen LogP contribution in [0, 0.1) is 18.3 Å². The van der Waals surface area contributed by atoms with Crippen LogP contribution in [0.25, 0.3) is 0 Å². The van der Waals surface area contributed by atoms with Gasteiger partial charge in [0.05, 0.1) is 13.2 Å². The zero-order chi connectivity index (χ0) is 13.7. The second-order valence-corrected chi connectivity index (χ2v) is 4.70. The summed E-state index contributed by atoms with van der Waals surface area (Å²) < 4.78 is 5.16. The van der Waals surface area contributed by atoms with Crippen LogP contribution in [0.5, 0.6) is 11.5 Å². The van der Waals surface area contributed by atoms with Crippen LogP contribution in [0.4, 0.5) is 0 Å². The normalized spacial score (nSPS) is 14.0. The summed E-state index contributed by atoms with van der Waals surface area (Å²) >= 11 is 0. The Morgan fingerprint density at radius 3 is 2.50 bits per heavy atom. The first-order valence-electron chi connectivity index (χ1n) is 6.08. The van der Waals surface area contributed by atoms with Gasteiger partial charge < -0.3 is 9.84 Å². The molecule has 3 nitrogen and oxygen atoms in total. The molecule has 1 aromatic carbocycles. The Bertz CT molecular complexity index is 435. The van der Waals surface area contributed by atoms with E-state index in [4.69, 9.17) is 11.2 Å². The van der Waals surface area contributed by atoms with Crippen molar-refractivity contribution in [2.45, 2.75) is 32.9 Å². The van der Waals surface area contributed by atoms with E-state index in [-0.39, 0.29) is 17.8 Å². The third kappa shape index (κ3) is 3.41. The Balaban J connectivity index is 2.90. The second-order valence-electron chi connectivity index (χ2n) is 4.70. The van der Waals surface area contributed by atoms with Crippen LogP contribution in [0.15, 0.2) is 18.2 Å². The molecule has 3 heteroatoms. The number of phenols is 1. The first-order valence-corrected chi connectivity index (χ1v) is 6.08. The number of terminal acetylenes is 1. The number of rotatable bonds is 5. The van der Waals surface area contributed by atoms with E-state index < -0.39 is 0 Å². The summed E-state index contributed by atoms with van der Waals surface area (Å²) in [7, 11) is 1.60. The number of ether oxygens (including phenoxy) is 1. The van der Waals surface area contributed by atoms with Crippen molar-refractivity contribution < 1.29 is 9.84 Å². The fourth-order valence-electron chi connectivity index (χ4n) is 1.80. The molecule has 98 valence electrons. The van der Waals surface area contributed by atoms with Gasteiger partial charge in [-0.3, -0.25) is 5.32 Å². The van der Waals surface area contributed by atoms with Crippen molar-refractivity contribution in [2.75, 3.05) is 7.11 Å². The fourth-order valence-corrected chi connectivity index (χ4v) is 1.80. The monoisotopic (exact) mass is 247 g/mol. The van der Waals surface area contributed by atoms with Crippen molar-refractivity contribution in [2.24, 2.45) is 5.92 Å². The molecule has 0 bridgehead atoms. The van der Waals surface area contributed by atoms with Crippen molar-refractivity contribution >= 4 is 0 Å². The SMILES string of the molecule is C#CC(NC(C)c1cc(OC)ccc1O)C(C)C. The molecule has 0 aromatic heterocycles. The third-order valence-corrected chi connectivity index (χ3v) is 2.98. The third-order valence-electron chi connectivity index (χ3n) is 2.98. The quantitative estimate of drug-likeness (QED) is 0.786. The van der Waals surface area contributed by atoms with E-state index in [1.165, 1.54) is 0 Å². The summed E-state index contributed by atoms with van der Waals surface area (Å²) in [5.74, 6) is 4.03. The minimum atomic E-state index is -0.0384.